The summed E-state index contributed by atoms with van der Waals surface area (Å²) in [7, 11) is 0. The molecule has 0 aliphatic heterocycles. The first-order chi connectivity index (χ1) is 21.3. The molecule has 2 N–H and O–H groups in total. The Bertz CT molecular complexity index is 1910. The number of carbonyl (C=O) groups excluding carboxylic acids is 2. The monoisotopic (exact) mass is 589 g/mol. The maximum atomic E-state index is 12.2. The molecule has 0 fully saturated rings. The highest BCUT2D eigenvalue weighted by Gasteiger charge is 2.13. The third-order valence-electron chi connectivity index (χ3n) is 7.21. The highest BCUT2D eigenvalue weighted by molar-refractivity contribution is 6.00. The SMILES string of the molecule is Cc1cc2c(NC(=O)OCc3ccccc3)nccc2c(C)c1CNC=O.Cc1cnn(Cc2cn3cc(C)ccc3n2)c1. The molecule has 44 heavy (non-hydrogen) atoms. The van der Waals surface area contributed by atoms with Crippen molar-refractivity contribution in [2.75, 3.05) is 5.32 Å². The first-order valence-corrected chi connectivity index (χ1v) is 14.3. The van der Waals surface area contributed by atoms with Crippen LogP contribution in [-0.4, -0.2) is 36.7 Å². The number of anilines is 1. The Hall–Kier alpha value is -5.51. The van der Waals surface area contributed by atoms with Crippen molar-refractivity contribution >= 4 is 34.7 Å². The molecule has 2 aromatic carbocycles. The second-order valence-corrected chi connectivity index (χ2v) is 10.7. The topological polar surface area (TPSA) is 115 Å². The Morgan fingerprint density at radius 3 is 2.52 bits per heavy atom. The number of amides is 2. The van der Waals surface area contributed by atoms with Crippen LogP contribution in [0.15, 0.2) is 85.6 Å². The quantitative estimate of drug-likeness (QED) is 0.209. The molecule has 0 saturated carbocycles. The molecule has 10 nitrogen and oxygen atoms in total. The molecule has 0 aliphatic carbocycles. The number of carbonyl (C=O) groups is 2. The van der Waals surface area contributed by atoms with E-state index in [1.54, 1.807) is 6.20 Å². The van der Waals surface area contributed by atoms with Gasteiger partial charge in [-0.3, -0.25) is 14.8 Å². The number of hydrogen-bond donors (Lipinski definition) is 2. The van der Waals surface area contributed by atoms with Crippen LogP contribution in [0.3, 0.4) is 0 Å². The Morgan fingerprint density at radius 1 is 0.955 bits per heavy atom. The molecule has 0 spiro atoms. The Kier molecular flexibility index (Phi) is 9.29. The van der Waals surface area contributed by atoms with E-state index in [0.29, 0.717) is 25.3 Å². The predicted molar refractivity (Wildman–Crippen MR) is 170 cm³/mol. The lowest BCUT2D eigenvalue weighted by Gasteiger charge is -2.15. The minimum absolute atomic E-state index is 0.191. The lowest BCUT2D eigenvalue weighted by atomic mass is 9.96. The van der Waals surface area contributed by atoms with E-state index in [4.69, 9.17) is 4.74 Å². The third kappa shape index (κ3) is 7.27. The molecule has 224 valence electrons. The van der Waals surface area contributed by atoms with Crippen molar-refractivity contribution in [3.8, 4) is 0 Å². The van der Waals surface area contributed by atoms with E-state index in [9.17, 15) is 9.59 Å². The van der Waals surface area contributed by atoms with Crippen LogP contribution in [0.4, 0.5) is 10.6 Å². The van der Waals surface area contributed by atoms with E-state index in [-0.39, 0.29) is 6.61 Å². The number of aromatic nitrogens is 5. The van der Waals surface area contributed by atoms with Crippen molar-refractivity contribution < 1.29 is 14.3 Å². The van der Waals surface area contributed by atoms with Crippen molar-refractivity contribution in [3.63, 3.8) is 0 Å². The summed E-state index contributed by atoms with van der Waals surface area (Å²) < 4.78 is 9.24. The zero-order valence-electron chi connectivity index (χ0n) is 25.2. The minimum Gasteiger partial charge on any atom is -0.444 e. The van der Waals surface area contributed by atoms with Crippen LogP contribution in [0.5, 0.6) is 0 Å². The fourth-order valence-electron chi connectivity index (χ4n) is 5.03. The fourth-order valence-corrected chi connectivity index (χ4v) is 5.03. The highest BCUT2D eigenvalue weighted by Crippen LogP contribution is 2.29. The molecule has 0 saturated heterocycles. The Labute approximate surface area is 255 Å². The number of aryl methyl sites for hydroxylation is 4. The summed E-state index contributed by atoms with van der Waals surface area (Å²) in [5.41, 5.74) is 8.44. The van der Waals surface area contributed by atoms with E-state index < -0.39 is 6.09 Å². The number of nitrogens with zero attached hydrogens (tertiary/aromatic N) is 5. The van der Waals surface area contributed by atoms with Gasteiger partial charge in [-0.1, -0.05) is 36.4 Å². The first kappa shape index (κ1) is 30.0. The molecular formula is C34H35N7O3. The molecule has 0 atom stereocenters. The number of fused-ring (bicyclic) bond motifs is 2. The number of nitrogens with one attached hydrogen (secondary N) is 2. The van der Waals surface area contributed by atoms with Crippen LogP contribution in [0.25, 0.3) is 16.4 Å². The summed E-state index contributed by atoms with van der Waals surface area (Å²) in [5, 5.41) is 11.5. The van der Waals surface area contributed by atoms with Gasteiger partial charge in [0.15, 0.2) is 0 Å². The zero-order valence-corrected chi connectivity index (χ0v) is 25.2. The normalized spacial score (nSPS) is 10.7. The maximum absolute atomic E-state index is 12.2. The van der Waals surface area contributed by atoms with Gasteiger partial charge in [0, 0.05) is 36.7 Å². The number of pyridine rings is 2. The van der Waals surface area contributed by atoms with Crippen molar-refractivity contribution in [2.45, 2.75) is 47.4 Å². The largest absolute Gasteiger partial charge is 0.444 e. The third-order valence-corrected chi connectivity index (χ3v) is 7.21. The minimum atomic E-state index is -0.555. The smallest absolute Gasteiger partial charge is 0.413 e. The van der Waals surface area contributed by atoms with Crippen molar-refractivity contribution in [3.05, 3.63) is 125 Å². The second-order valence-electron chi connectivity index (χ2n) is 10.7. The summed E-state index contributed by atoms with van der Waals surface area (Å²) in [6.45, 7) is 9.45. The van der Waals surface area contributed by atoms with Crippen LogP contribution >= 0.6 is 0 Å². The first-order valence-electron chi connectivity index (χ1n) is 14.3. The van der Waals surface area contributed by atoms with Gasteiger partial charge >= 0.3 is 6.09 Å². The van der Waals surface area contributed by atoms with E-state index >= 15 is 0 Å². The number of rotatable bonds is 8. The van der Waals surface area contributed by atoms with E-state index in [1.165, 1.54) is 11.1 Å². The van der Waals surface area contributed by atoms with E-state index in [2.05, 4.69) is 55.5 Å². The average molecular weight is 590 g/mol. The van der Waals surface area contributed by atoms with Gasteiger partial charge in [0.05, 0.1) is 18.4 Å². The molecule has 2 amide bonds. The Balaban J connectivity index is 0.000000193. The molecule has 0 unspecified atom stereocenters. The number of ether oxygens (including phenoxy) is 1. The Morgan fingerprint density at radius 2 is 1.77 bits per heavy atom. The highest BCUT2D eigenvalue weighted by atomic mass is 16.5. The maximum Gasteiger partial charge on any atom is 0.413 e. The van der Waals surface area contributed by atoms with Crippen molar-refractivity contribution in [1.82, 2.24) is 29.5 Å². The molecule has 0 bridgehead atoms. The lowest BCUT2D eigenvalue weighted by molar-refractivity contribution is -0.109. The standard InChI is InChI=1S/C21H21N3O3.C13H14N4/c1-14-10-18-17(15(2)19(14)11-22-13-25)8-9-23-20(18)24-21(26)27-12-16-6-4-3-5-7-16;1-10-3-4-13-15-12(8-16(13)6-10)9-17-7-11(2)5-14-17/h3-10,13H,11-12H2,1-2H3,(H,22,25)(H,23,24,26);3-8H,9H2,1-2H3. The van der Waals surface area contributed by atoms with Crippen LogP contribution in [0, 0.1) is 27.7 Å². The molecule has 0 aliphatic rings. The van der Waals surface area contributed by atoms with Gasteiger partial charge in [-0.2, -0.15) is 5.10 Å². The molecule has 10 heteroatoms. The molecule has 6 rings (SSSR count). The number of hydrogen-bond acceptors (Lipinski definition) is 6. The van der Waals surface area contributed by atoms with Gasteiger partial charge in [-0.05, 0) is 84.7 Å². The summed E-state index contributed by atoms with van der Waals surface area (Å²) in [5.74, 6) is 0.451. The molecule has 0 radical (unpaired) electrons. The summed E-state index contributed by atoms with van der Waals surface area (Å²) >= 11 is 0. The molecular weight excluding hydrogens is 554 g/mol. The van der Waals surface area contributed by atoms with Crippen LogP contribution < -0.4 is 10.6 Å². The summed E-state index contributed by atoms with van der Waals surface area (Å²) in [4.78, 5) is 31.7. The number of imidazole rings is 1. The van der Waals surface area contributed by atoms with E-state index in [1.807, 2.05) is 86.4 Å². The van der Waals surface area contributed by atoms with Crippen LogP contribution in [-0.2, 0) is 29.2 Å². The van der Waals surface area contributed by atoms with Crippen molar-refractivity contribution in [1.29, 1.82) is 0 Å². The predicted octanol–water partition coefficient (Wildman–Crippen LogP) is 6.04. The van der Waals surface area contributed by atoms with Crippen LogP contribution in [0.2, 0.25) is 0 Å². The fraction of sp³-hybridized carbons (Fsp3) is 0.206. The zero-order chi connectivity index (χ0) is 31.1. The summed E-state index contributed by atoms with van der Waals surface area (Å²) in [6, 6.07) is 17.5. The average Bonchev–Trinajstić information content (AvgIpc) is 3.61. The van der Waals surface area contributed by atoms with Gasteiger partial charge in [-0.15, -0.1) is 0 Å². The van der Waals surface area contributed by atoms with E-state index in [0.717, 1.165) is 44.4 Å². The molecule has 4 aromatic heterocycles. The molecule has 4 heterocycles. The van der Waals surface area contributed by atoms with Gasteiger partial charge in [0.1, 0.15) is 18.1 Å². The van der Waals surface area contributed by atoms with Gasteiger partial charge in [0.25, 0.3) is 0 Å². The van der Waals surface area contributed by atoms with Gasteiger partial charge in [0.2, 0.25) is 6.41 Å². The summed E-state index contributed by atoms with van der Waals surface area (Å²) in [6.07, 6.45) is 9.80. The second kappa shape index (κ2) is 13.6. The van der Waals surface area contributed by atoms with Crippen LogP contribution in [0.1, 0.15) is 39.1 Å². The molecule has 6 aromatic rings. The van der Waals surface area contributed by atoms with Crippen molar-refractivity contribution in [2.24, 2.45) is 0 Å². The van der Waals surface area contributed by atoms with Gasteiger partial charge < -0.3 is 14.5 Å². The number of benzene rings is 2. The lowest BCUT2D eigenvalue weighted by Crippen LogP contribution is -2.15. The van der Waals surface area contributed by atoms with Gasteiger partial charge in [-0.25, -0.2) is 14.8 Å².